The van der Waals surface area contributed by atoms with Crippen LogP contribution in [0.4, 0.5) is 4.39 Å². The summed E-state index contributed by atoms with van der Waals surface area (Å²) in [6.45, 7) is 4.47. The third-order valence-corrected chi connectivity index (χ3v) is 7.49. The van der Waals surface area contributed by atoms with Crippen LogP contribution in [0, 0.1) is 17.7 Å². The van der Waals surface area contributed by atoms with Gasteiger partial charge < -0.3 is 4.74 Å². The molecule has 188 valence electrons. The second kappa shape index (κ2) is 17.1. The number of rotatable bonds is 17. The number of unbranched alkanes of at least 4 members (excludes halogenated alkanes) is 9. The number of ether oxygens (including phenoxy) is 1. The Morgan fingerprint density at radius 3 is 2.03 bits per heavy atom. The number of benzene rings is 1. The summed E-state index contributed by atoms with van der Waals surface area (Å²) in [5.41, 5.74) is 0.726. The normalized spacial score (nSPS) is 18.4. The number of carbonyl (C=O) groups excluding carboxylic acids is 1. The van der Waals surface area contributed by atoms with E-state index in [-0.39, 0.29) is 11.8 Å². The van der Waals surface area contributed by atoms with Crippen molar-refractivity contribution in [3.8, 4) is 5.75 Å². The highest BCUT2D eigenvalue weighted by atomic mass is 19.1. The van der Waals surface area contributed by atoms with E-state index in [2.05, 4.69) is 13.8 Å². The van der Waals surface area contributed by atoms with Crippen LogP contribution in [0.25, 0.3) is 0 Å². The van der Waals surface area contributed by atoms with Crippen molar-refractivity contribution in [2.75, 3.05) is 0 Å². The van der Waals surface area contributed by atoms with Crippen molar-refractivity contribution in [2.24, 2.45) is 11.8 Å². The highest BCUT2D eigenvalue weighted by Gasteiger charge is 2.22. The van der Waals surface area contributed by atoms with Gasteiger partial charge >= 0.3 is 5.97 Å². The minimum absolute atomic E-state index is 0.226. The SMILES string of the molecule is CCCCCCCCC1CCC(CCC(=O)Oc2ccc(CCCCCCC)c(F)c2)CC1. The summed E-state index contributed by atoms with van der Waals surface area (Å²) in [6.07, 6.45) is 22.7. The molecule has 0 unspecified atom stereocenters. The zero-order valence-corrected chi connectivity index (χ0v) is 21.5. The zero-order chi connectivity index (χ0) is 23.7. The molecular weight excluding hydrogens is 411 g/mol. The van der Waals surface area contributed by atoms with Gasteiger partial charge in [0.15, 0.2) is 0 Å². The van der Waals surface area contributed by atoms with Crippen LogP contribution in [0.5, 0.6) is 5.75 Å². The Kier molecular flexibility index (Phi) is 14.4. The van der Waals surface area contributed by atoms with Gasteiger partial charge in [0.05, 0.1) is 0 Å². The smallest absolute Gasteiger partial charge is 0.311 e. The first-order valence-electron chi connectivity index (χ1n) is 14.1. The summed E-state index contributed by atoms with van der Waals surface area (Å²) < 4.78 is 19.8. The zero-order valence-electron chi connectivity index (χ0n) is 21.5. The van der Waals surface area contributed by atoms with Gasteiger partial charge in [0.2, 0.25) is 0 Å². The van der Waals surface area contributed by atoms with Gasteiger partial charge in [-0.05, 0) is 42.7 Å². The Morgan fingerprint density at radius 1 is 0.818 bits per heavy atom. The van der Waals surface area contributed by atoms with Crippen LogP contribution < -0.4 is 4.74 Å². The summed E-state index contributed by atoms with van der Waals surface area (Å²) in [7, 11) is 0. The van der Waals surface area contributed by atoms with Crippen molar-refractivity contribution >= 4 is 5.97 Å². The van der Waals surface area contributed by atoms with Crippen LogP contribution in [-0.2, 0) is 11.2 Å². The Hall–Kier alpha value is -1.38. The molecule has 0 saturated heterocycles. The number of halogens is 1. The number of hydrogen-bond acceptors (Lipinski definition) is 2. The Labute approximate surface area is 203 Å². The lowest BCUT2D eigenvalue weighted by Crippen LogP contribution is -2.17. The van der Waals surface area contributed by atoms with E-state index in [9.17, 15) is 9.18 Å². The number of aryl methyl sites for hydroxylation is 1. The highest BCUT2D eigenvalue weighted by molar-refractivity contribution is 5.72. The Morgan fingerprint density at radius 2 is 1.39 bits per heavy atom. The first-order chi connectivity index (χ1) is 16.1. The highest BCUT2D eigenvalue weighted by Crippen LogP contribution is 2.34. The van der Waals surface area contributed by atoms with Crippen LogP contribution >= 0.6 is 0 Å². The molecule has 0 N–H and O–H groups in total. The quantitative estimate of drug-likeness (QED) is 0.131. The molecule has 1 aliphatic rings. The molecule has 1 aromatic carbocycles. The Bertz CT molecular complexity index is 649. The van der Waals surface area contributed by atoms with Crippen molar-refractivity contribution in [3.63, 3.8) is 0 Å². The molecule has 0 aromatic heterocycles. The van der Waals surface area contributed by atoms with Gasteiger partial charge in [0.1, 0.15) is 11.6 Å². The maximum atomic E-state index is 14.4. The topological polar surface area (TPSA) is 26.3 Å². The monoisotopic (exact) mass is 460 g/mol. The average Bonchev–Trinajstić information content (AvgIpc) is 2.82. The molecule has 0 heterocycles. The summed E-state index contributed by atoms with van der Waals surface area (Å²) in [5, 5.41) is 0. The standard InChI is InChI=1S/C30H49FO2/c1-3-5-7-9-11-12-14-25-16-18-26(19-17-25)20-23-30(32)33-28-22-21-27(29(31)24-28)15-13-10-8-6-4-2/h21-22,24-26H,3-20,23H2,1-2H3. The van der Waals surface area contributed by atoms with Gasteiger partial charge in [-0.3, -0.25) is 4.79 Å². The fourth-order valence-electron chi connectivity index (χ4n) is 5.24. The van der Waals surface area contributed by atoms with E-state index >= 15 is 0 Å². The number of esters is 1. The van der Waals surface area contributed by atoms with E-state index in [1.165, 1.54) is 96.0 Å². The van der Waals surface area contributed by atoms with Crippen molar-refractivity contribution in [3.05, 3.63) is 29.6 Å². The molecular formula is C30H49FO2. The van der Waals surface area contributed by atoms with E-state index in [0.717, 1.165) is 37.2 Å². The van der Waals surface area contributed by atoms with E-state index in [0.29, 0.717) is 18.1 Å². The first kappa shape index (κ1) is 27.9. The third kappa shape index (κ3) is 12.1. The summed E-state index contributed by atoms with van der Waals surface area (Å²) in [6, 6.07) is 4.91. The Balaban J connectivity index is 1.58. The van der Waals surface area contributed by atoms with Crippen LogP contribution in [-0.4, -0.2) is 5.97 Å². The molecule has 0 atom stereocenters. The third-order valence-electron chi connectivity index (χ3n) is 7.49. The van der Waals surface area contributed by atoms with Gasteiger partial charge in [-0.2, -0.15) is 0 Å². The maximum absolute atomic E-state index is 14.4. The van der Waals surface area contributed by atoms with Crippen LogP contribution in [0.15, 0.2) is 18.2 Å². The molecule has 0 amide bonds. The number of hydrogen-bond donors (Lipinski definition) is 0. The number of carbonyl (C=O) groups is 1. The molecule has 1 aliphatic carbocycles. The fraction of sp³-hybridized carbons (Fsp3) is 0.767. The van der Waals surface area contributed by atoms with Gasteiger partial charge in [-0.25, -0.2) is 4.39 Å². The average molecular weight is 461 g/mol. The van der Waals surface area contributed by atoms with Gasteiger partial charge in [0.25, 0.3) is 0 Å². The van der Waals surface area contributed by atoms with E-state index in [1.807, 2.05) is 0 Å². The molecule has 1 aromatic rings. The molecule has 1 fully saturated rings. The molecule has 0 bridgehead atoms. The summed E-state index contributed by atoms with van der Waals surface area (Å²) in [5.74, 6) is 1.41. The fourth-order valence-corrected chi connectivity index (χ4v) is 5.24. The molecule has 1 saturated carbocycles. The van der Waals surface area contributed by atoms with Crippen molar-refractivity contribution in [1.82, 2.24) is 0 Å². The molecule has 2 nitrogen and oxygen atoms in total. The van der Waals surface area contributed by atoms with Crippen LogP contribution in [0.3, 0.4) is 0 Å². The summed E-state index contributed by atoms with van der Waals surface area (Å²) >= 11 is 0. The van der Waals surface area contributed by atoms with E-state index < -0.39 is 0 Å². The van der Waals surface area contributed by atoms with Gasteiger partial charge in [-0.15, -0.1) is 0 Å². The lowest BCUT2D eigenvalue weighted by Gasteiger charge is -2.28. The second-order valence-corrected chi connectivity index (χ2v) is 10.4. The molecule has 0 spiro atoms. The van der Waals surface area contributed by atoms with Crippen LogP contribution in [0.2, 0.25) is 0 Å². The molecule has 0 radical (unpaired) electrons. The minimum atomic E-state index is -0.250. The lowest BCUT2D eigenvalue weighted by molar-refractivity contribution is -0.134. The minimum Gasteiger partial charge on any atom is -0.426 e. The van der Waals surface area contributed by atoms with Crippen LogP contribution in [0.1, 0.15) is 135 Å². The van der Waals surface area contributed by atoms with E-state index in [1.54, 1.807) is 12.1 Å². The molecule has 2 rings (SSSR count). The summed E-state index contributed by atoms with van der Waals surface area (Å²) in [4.78, 5) is 12.3. The van der Waals surface area contributed by atoms with Crippen molar-refractivity contribution in [2.45, 2.75) is 136 Å². The lowest BCUT2D eigenvalue weighted by atomic mass is 9.78. The van der Waals surface area contributed by atoms with Crippen molar-refractivity contribution < 1.29 is 13.9 Å². The second-order valence-electron chi connectivity index (χ2n) is 10.4. The van der Waals surface area contributed by atoms with Crippen molar-refractivity contribution in [1.29, 1.82) is 0 Å². The molecule has 0 aliphatic heterocycles. The maximum Gasteiger partial charge on any atom is 0.311 e. The van der Waals surface area contributed by atoms with E-state index in [4.69, 9.17) is 4.74 Å². The molecule has 33 heavy (non-hydrogen) atoms. The van der Waals surface area contributed by atoms with Gasteiger partial charge in [-0.1, -0.05) is 116 Å². The largest absolute Gasteiger partial charge is 0.426 e. The first-order valence-corrected chi connectivity index (χ1v) is 14.1. The van der Waals surface area contributed by atoms with Gasteiger partial charge in [0, 0.05) is 12.5 Å². The predicted octanol–water partition coefficient (Wildman–Crippen LogP) is 9.58. The molecule has 3 heteroatoms. The predicted molar refractivity (Wildman–Crippen MR) is 137 cm³/mol.